The summed E-state index contributed by atoms with van der Waals surface area (Å²) < 4.78 is 15.4. The van der Waals surface area contributed by atoms with Gasteiger partial charge in [-0.25, -0.2) is 5.84 Å². The van der Waals surface area contributed by atoms with E-state index in [1.54, 1.807) is 59.7 Å². The number of carbonyl (C=O) groups excluding carboxylic acids is 2. The Morgan fingerprint density at radius 2 is 1.67 bits per heavy atom. The van der Waals surface area contributed by atoms with Gasteiger partial charge >= 0.3 is 0 Å². The minimum Gasteiger partial charge on any atom is -0.504 e. The summed E-state index contributed by atoms with van der Waals surface area (Å²) in [5.41, 5.74) is 13.0. The van der Waals surface area contributed by atoms with Gasteiger partial charge in [-0.05, 0) is 55.3 Å². The van der Waals surface area contributed by atoms with Gasteiger partial charge in [0.2, 0.25) is 5.91 Å². The molecule has 2 aromatic rings. The number of ketones is 1. The van der Waals surface area contributed by atoms with E-state index in [1.807, 2.05) is 13.8 Å². The standard InChI is InChI=1S/C33H43N5O8/c1-21-33(2,20-37(21)32(43)19-46-18-31(35)42)38(36)17-25(34)16-24(7-5-6-22-9-12-27(40)29(14-22)44-3)26(39)11-8-23-10-13-28(41)30(15-23)45-4/h5-15,17,21,31,40-42H,16,18-20,34-36H2,1-4H3/b6-5+,11-8+,24-7+,25-17-. The average molecular weight is 638 g/mol. The number of rotatable bonds is 15. The molecule has 46 heavy (non-hydrogen) atoms. The molecule has 0 saturated carbocycles. The Labute approximate surface area is 268 Å². The van der Waals surface area contributed by atoms with Gasteiger partial charge in [0.15, 0.2) is 28.8 Å². The van der Waals surface area contributed by atoms with Crippen LogP contribution in [0.5, 0.6) is 23.0 Å². The molecule has 3 atom stereocenters. The molecular formula is C33H43N5O8. The van der Waals surface area contributed by atoms with E-state index in [0.29, 0.717) is 29.1 Å². The van der Waals surface area contributed by atoms with Crippen molar-refractivity contribution in [3.05, 3.63) is 83.2 Å². The number of phenols is 2. The summed E-state index contributed by atoms with van der Waals surface area (Å²) in [4.78, 5) is 27.5. The van der Waals surface area contributed by atoms with E-state index in [0.717, 1.165) is 5.56 Å². The first-order valence-electron chi connectivity index (χ1n) is 14.4. The van der Waals surface area contributed by atoms with Gasteiger partial charge < -0.3 is 50.9 Å². The smallest absolute Gasteiger partial charge is 0.248 e. The normalized spacial score (nSPS) is 19.3. The SMILES string of the molecule is COc1cc(/C=C/C=C(\C/C(N)=C/N(N)C2(C)CN(C(=O)COCC(N)O)C2C)C(=O)/C=C/c2ccc(O)c(OC)c2)ccc1O. The van der Waals surface area contributed by atoms with Crippen molar-refractivity contribution in [2.45, 2.75) is 38.1 Å². The minimum absolute atomic E-state index is 0.00744. The Balaban J connectivity index is 1.79. The van der Waals surface area contributed by atoms with Crippen molar-refractivity contribution in [3.63, 3.8) is 0 Å². The summed E-state index contributed by atoms with van der Waals surface area (Å²) >= 11 is 0. The number of ether oxygens (including phenoxy) is 3. The number of hydrazine groups is 1. The number of phenolic OH excluding ortho intramolecular Hbond substituents is 2. The molecule has 0 bridgehead atoms. The summed E-state index contributed by atoms with van der Waals surface area (Å²) in [5.74, 6) is 6.40. The number of nitrogens with zero attached hydrogens (tertiary/aromatic N) is 2. The molecule has 1 aliphatic rings. The number of benzene rings is 2. The molecule has 0 radical (unpaired) electrons. The first kappa shape index (κ1) is 35.7. The Hall–Kier alpha value is -4.82. The van der Waals surface area contributed by atoms with E-state index in [9.17, 15) is 19.8 Å². The van der Waals surface area contributed by atoms with Gasteiger partial charge in [-0.3, -0.25) is 9.59 Å². The lowest BCUT2D eigenvalue weighted by atomic mass is 9.82. The quantitative estimate of drug-likeness (QED) is 0.0545. The molecule has 0 aromatic heterocycles. The lowest BCUT2D eigenvalue weighted by Gasteiger charge is -2.57. The summed E-state index contributed by atoms with van der Waals surface area (Å²) in [7, 11) is 2.89. The fraction of sp³-hybridized carbons (Fsp3) is 0.333. The Kier molecular flexibility index (Phi) is 12.4. The molecule has 9 N–H and O–H groups in total. The molecule has 1 fully saturated rings. The number of methoxy groups -OCH3 is 2. The van der Waals surface area contributed by atoms with E-state index >= 15 is 0 Å². The number of aliphatic hydroxyl groups excluding tert-OH is 1. The number of aromatic hydroxyl groups is 2. The zero-order valence-electron chi connectivity index (χ0n) is 26.4. The van der Waals surface area contributed by atoms with Crippen molar-refractivity contribution >= 4 is 23.8 Å². The summed E-state index contributed by atoms with van der Waals surface area (Å²) in [6, 6.07) is 9.29. The number of nitrogens with two attached hydrogens (primary N) is 3. The van der Waals surface area contributed by atoms with Gasteiger partial charge in [0, 0.05) is 30.4 Å². The van der Waals surface area contributed by atoms with Gasteiger partial charge in [0.25, 0.3) is 0 Å². The molecule has 248 valence electrons. The maximum atomic E-state index is 13.4. The third-order valence-electron chi connectivity index (χ3n) is 7.72. The number of hydrogen-bond donors (Lipinski definition) is 6. The summed E-state index contributed by atoms with van der Waals surface area (Å²) in [6.45, 7) is 3.67. The zero-order valence-corrected chi connectivity index (χ0v) is 26.4. The summed E-state index contributed by atoms with van der Waals surface area (Å²) in [6.07, 6.45) is 8.51. The predicted octanol–water partition coefficient (Wildman–Crippen LogP) is 1.99. The van der Waals surface area contributed by atoms with Crippen LogP contribution < -0.4 is 26.8 Å². The molecule has 0 aliphatic carbocycles. The lowest BCUT2D eigenvalue weighted by Crippen LogP contribution is -2.75. The number of amides is 1. The number of carbonyl (C=O) groups is 2. The maximum Gasteiger partial charge on any atom is 0.248 e. The first-order chi connectivity index (χ1) is 21.8. The van der Waals surface area contributed by atoms with Crippen molar-refractivity contribution in [1.29, 1.82) is 0 Å². The molecule has 13 heteroatoms. The van der Waals surface area contributed by atoms with Crippen LogP contribution in [0.1, 0.15) is 31.4 Å². The molecule has 1 saturated heterocycles. The van der Waals surface area contributed by atoms with E-state index < -0.39 is 11.8 Å². The van der Waals surface area contributed by atoms with Crippen molar-refractivity contribution < 1.29 is 39.1 Å². The van der Waals surface area contributed by atoms with Crippen LogP contribution in [0.3, 0.4) is 0 Å². The van der Waals surface area contributed by atoms with Crippen molar-refractivity contribution in [1.82, 2.24) is 9.91 Å². The van der Waals surface area contributed by atoms with Crippen molar-refractivity contribution in [2.24, 2.45) is 17.3 Å². The van der Waals surface area contributed by atoms with Crippen LogP contribution in [0.2, 0.25) is 0 Å². The highest BCUT2D eigenvalue weighted by Gasteiger charge is 2.51. The molecule has 2 aromatic carbocycles. The molecular weight excluding hydrogens is 594 g/mol. The second kappa shape index (κ2) is 16.0. The van der Waals surface area contributed by atoms with Gasteiger partial charge in [-0.1, -0.05) is 36.4 Å². The van der Waals surface area contributed by atoms with Gasteiger partial charge in [-0.2, -0.15) is 0 Å². The minimum atomic E-state index is -1.16. The van der Waals surface area contributed by atoms with E-state index in [2.05, 4.69) is 0 Å². The third-order valence-corrected chi connectivity index (χ3v) is 7.72. The van der Waals surface area contributed by atoms with Crippen LogP contribution in [0, 0.1) is 0 Å². The third kappa shape index (κ3) is 9.11. The van der Waals surface area contributed by atoms with Crippen LogP contribution in [0.4, 0.5) is 0 Å². The van der Waals surface area contributed by atoms with E-state index in [-0.39, 0.29) is 54.6 Å². The monoisotopic (exact) mass is 637 g/mol. The van der Waals surface area contributed by atoms with Crippen LogP contribution in [-0.4, -0.2) is 88.7 Å². The van der Waals surface area contributed by atoms with Crippen molar-refractivity contribution in [2.75, 3.05) is 34.0 Å². The highest BCUT2D eigenvalue weighted by Crippen LogP contribution is 2.34. The highest BCUT2D eigenvalue weighted by molar-refractivity contribution is 6.06. The highest BCUT2D eigenvalue weighted by atomic mass is 16.5. The molecule has 1 aliphatic heterocycles. The average Bonchev–Trinajstić information content (AvgIpc) is 3.02. The second-order valence-corrected chi connectivity index (χ2v) is 11.0. The van der Waals surface area contributed by atoms with Crippen LogP contribution in [0.15, 0.2) is 72.1 Å². The number of likely N-dealkylation sites (tertiary alicyclic amines) is 1. The number of allylic oxidation sites excluding steroid dienone is 4. The zero-order chi connectivity index (χ0) is 34.0. The molecule has 1 amide bonds. The summed E-state index contributed by atoms with van der Waals surface area (Å²) in [5, 5.41) is 30.3. The Morgan fingerprint density at radius 1 is 1.09 bits per heavy atom. The number of hydrogen-bond acceptors (Lipinski definition) is 12. The van der Waals surface area contributed by atoms with E-state index in [4.69, 9.17) is 36.6 Å². The molecule has 0 spiro atoms. The number of aliphatic hydroxyl groups is 1. The lowest BCUT2D eigenvalue weighted by molar-refractivity contribution is -0.158. The predicted molar refractivity (Wildman–Crippen MR) is 174 cm³/mol. The molecule has 3 rings (SSSR count). The fourth-order valence-corrected chi connectivity index (χ4v) is 4.76. The van der Waals surface area contributed by atoms with Crippen LogP contribution >= 0.6 is 0 Å². The maximum absolute atomic E-state index is 13.4. The fourth-order valence-electron chi connectivity index (χ4n) is 4.76. The van der Waals surface area contributed by atoms with Gasteiger partial charge in [-0.15, -0.1) is 0 Å². The van der Waals surface area contributed by atoms with Gasteiger partial charge in [0.1, 0.15) is 12.8 Å². The first-order valence-corrected chi connectivity index (χ1v) is 14.4. The molecule has 1 heterocycles. The van der Waals surface area contributed by atoms with E-state index in [1.165, 1.54) is 37.4 Å². The van der Waals surface area contributed by atoms with Crippen LogP contribution in [-0.2, 0) is 14.3 Å². The van der Waals surface area contributed by atoms with Gasteiger partial charge in [0.05, 0.1) is 32.4 Å². The van der Waals surface area contributed by atoms with Crippen LogP contribution in [0.25, 0.3) is 12.2 Å². The Morgan fingerprint density at radius 3 is 2.22 bits per heavy atom. The largest absolute Gasteiger partial charge is 0.504 e. The Bertz CT molecular complexity index is 1520. The molecule has 13 nitrogen and oxygen atoms in total. The van der Waals surface area contributed by atoms with Crippen molar-refractivity contribution in [3.8, 4) is 23.0 Å². The topological polar surface area (TPSA) is 207 Å². The second-order valence-electron chi connectivity index (χ2n) is 11.0. The molecule has 3 unspecified atom stereocenters.